The number of methoxy groups -OCH3 is 1. The van der Waals surface area contributed by atoms with E-state index in [9.17, 15) is 0 Å². The lowest BCUT2D eigenvalue weighted by Gasteiger charge is -2.28. The fourth-order valence-corrected chi connectivity index (χ4v) is 3.66. The lowest BCUT2D eigenvalue weighted by molar-refractivity contribution is 0.243. The van der Waals surface area contributed by atoms with E-state index in [-0.39, 0.29) is 0 Å². The molecule has 24 heavy (non-hydrogen) atoms. The topological polar surface area (TPSA) is 46.1 Å². The average molecular weight is 340 g/mol. The molecule has 0 saturated carbocycles. The number of benzene rings is 1. The minimum absolute atomic E-state index is 0.573. The van der Waals surface area contributed by atoms with Gasteiger partial charge in [0.25, 0.3) is 0 Å². The molecule has 0 aliphatic carbocycles. The van der Waals surface area contributed by atoms with Gasteiger partial charge in [-0.2, -0.15) is 0 Å². The number of hydrogen-bond acceptors (Lipinski definition) is 4. The molecule has 1 aliphatic rings. The highest BCUT2D eigenvalue weighted by molar-refractivity contribution is 7.71. The van der Waals surface area contributed by atoms with Crippen molar-refractivity contribution < 1.29 is 4.74 Å². The van der Waals surface area contributed by atoms with Gasteiger partial charge in [0.05, 0.1) is 7.11 Å². The Morgan fingerprint density at radius 2 is 2.25 bits per heavy atom. The van der Waals surface area contributed by atoms with Gasteiger partial charge in [-0.25, -0.2) is 4.98 Å². The normalized spacial score (nSPS) is 14.8. The van der Waals surface area contributed by atoms with Gasteiger partial charge < -0.3 is 14.3 Å². The maximum Gasteiger partial charge on any atom is 0.196 e. The fraction of sp³-hybridized carbons (Fsp3) is 0.333. The van der Waals surface area contributed by atoms with Crippen molar-refractivity contribution in [1.29, 1.82) is 0 Å². The van der Waals surface area contributed by atoms with Crippen molar-refractivity contribution in [3.05, 3.63) is 52.2 Å². The first-order chi connectivity index (χ1) is 11.6. The Morgan fingerprint density at radius 3 is 3.08 bits per heavy atom. The van der Waals surface area contributed by atoms with E-state index < -0.39 is 0 Å². The Labute approximate surface area is 145 Å². The number of nitrogens with zero attached hydrogens (tertiary/aromatic N) is 3. The van der Waals surface area contributed by atoms with Crippen LogP contribution in [0, 0.1) is 4.77 Å². The van der Waals surface area contributed by atoms with Crippen molar-refractivity contribution in [2.24, 2.45) is 7.05 Å². The van der Waals surface area contributed by atoms with E-state index >= 15 is 0 Å². The minimum atomic E-state index is 0.573. The van der Waals surface area contributed by atoms with Crippen molar-refractivity contribution in [2.45, 2.75) is 19.5 Å². The molecular formula is C18H20N4OS. The lowest BCUT2D eigenvalue weighted by atomic mass is 10.1. The monoisotopic (exact) mass is 340 g/mol. The van der Waals surface area contributed by atoms with Crippen LogP contribution in [0.2, 0.25) is 0 Å². The first-order valence-electron chi connectivity index (χ1n) is 8.05. The van der Waals surface area contributed by atoms with E-state index in [0.717, 1.165) is 31.8 Å². The highest BCUT2D eigenvalue weighted by Gasteiger charge is 2.19. The van der Waals surface area contributed by atoms with Crippen molar-refractivity contribution in [1.82, 2.24) is 19.4 Å². The molecule has 124 valence electrons. The van der Waals surface area contributed by atoms with Crippen LogP contribution in [0.3, 0.4) is 0 Å². The van der Waals surface area contributed by atoms with Crippen LogP contribution in [0.25, 0.3) is 10.9 Å². The molecule has 4 rings (SSSR count). The number of nitrogens with one attached hydrogen (secondary N) is 1. The highest BCUT2D eigenvalue weighted by atomic mass is 32.1. The summed E-state index contributed by atoms with van der Waals surface area (Å²) in [7, 11) is 3.80. The standard InChI is InChI=1S/C18H20N4OS/c1-21-9-13(15-7-14(23-2)3-4-17(15)21)11-22-6-5-16-12(10-22)8-19-18(24)20-16/h3-4,7-9H,5-6,10-11H2,1-2H3,(H,19,20,24). The number of fused-ring (bicyclic) bond motifs is 2. The second kappa shape index (κ2) is 6.03. The largest absolute Gasteiger partial charge is 0.497 e. The summed E-state index contributed by atoms with van der Waals surface area (Å²) in [5.41, 5.74) is 5.03. The minimum Gasteiger partial charge on any atom is -0.497 e. The van der Waals surface area contributed by atoms with Crippen LogP contribution in [-0.4, -0.2) is 33.1 Å². The van der Waals surface area contributed by atoms with E-state index in [1.807, 2.05) is 12.3 Å². The molecule has 0 radical (unpaired) electrons. The molecule has 0 amide bonds. The molecule has 1 N–H and O–H groups in total. The maximum atomic E-state index is 5.39. The molecule has 0 spiro atoms. The first kappa shape index (κ1) is 15.4. The summed E-state index contributed by atoms with van der Waals surface area (Å²) >= 11 is 5.12. The number of aromatic amines is 1. The highest BCUT2D eigenvalue weighted by Crippen LogP contribution is 2.27. The Bertz CT molecular complexity index is 959. The predicted molar refractivity (Wildman–Crippen MR) is 96.7 cm³/mol. The van der Waals surface area contributed by atoms with Crippen LogP contribution in [-0.2, 0) is 26.6 Å². The molecule has 5 nitrogen and oxygen atoms in total. The van der Waals surface area contributed by atoms with Crippen LogP contribution in [0.15, 0.2) is 30.6 Å². The van der Waals surface area contributed by atoms with Gasteiger partial charge in [0, 0.05) is 67.7 Å². The number of aromatic nitrogens is 3. The van der Waals surface area contributed by atoms with Crippen molar-refractivity contribution >= 4 is 23.1 Å². The van der Waals surface area contributed by atoms with Gasteiger partial charge in [0.2, 0.25) is 0 Å². The van der Waals surface area contributed by atoms with Gasteiger partial charge in [-0.05, 0) is 36.0 Å². The summed E-state index contributed by atoms with van der Waals surface area (Å²) in [5, 5.41) is 1.26. The summed E-state index contributed by atoms with van der Waals surface area (Å²) in [4.78, 5) is 9.89. The summed E-state index contributed by atoms with van der Waals surface area (Å²) in [6.07, 6.45) is 5.11. The Morgan fingerprint density at radius 1 is 1.38 bits per heavy atom. The third-order valence-electron chi connectivity index (χ3n) is 4.73. The molecular weight excluding hydrogens is 320 g/mol. The number of ether oxygens (including phenoxy) is 1. The summed E-state index contributed by atoms with van der Waals surface area (Å²) in [5.74, 6) is 0.899. The van der Waals surface area contributed by atoms with E-state index in [1.165, 1.54) is 27.7 Å². The number of rotatable bonds is 3. The third-order valence-corrected chi connectivity index (χ3v) is 4.94. The van der Waals surface area contributed by atoms with Gasteiger partial charge >= 0.3 is 0 Å². The van der Waals surface area contributed by atoms with E-state index in [4.69, 9.17) is 17.0 Å². The van der Waals surface area contributed by atoms with Crippen molar-refractivity contribution in [3.8, 4) is 5.75 Å². The van der Waals surface area contributed by atoms with Crippen LogP contribution in [0.4, 0.5) is 0 Å². The zero-order valence-electron chi connectivity index (χ0n) is 13.9. The summed E-state index contributed by atoms with van der Waals surface area (Å²) < 4.78 is 8.14. The van der Waals surface area contributed by atoms with E-state index in [1.54, 1.807) is 7.11 Å². The van der Waals surface area contributed by atoms with Gasteiger partial charge in [0.1, 0.15) is 5.75 Å². The second-order valence-corrected chi connectivity index (χ2v) is 6.69. The molecule has 0 atom stereocenters. The molecule has 2 aromatic heterocycles. The first-order valence-corrected chi connectivity index (χ1v) is 8.46. The number of H-pyrrole nitrogens is 1. The van der Waals surface area contributed by atoms with Gasteiger partial charge in [-0.3, -0.25) is 4.90 Å². The Kier molecular flexibility index (Phi) is 3.86. The van der Waals surface area contributed by atoms with Crippen LogP contribution < -0.4 is 4.74 Å². The quantitative estimate of drug-likeness (QED) is 0.744. The summed E-state index contributed by atoms with van der Waals surface area (Å²) in [6, 6.07) is 6.26. The molecule has 0 bridgehead atoms. The number of hydrogen-bond donors (Lipinski definition) is 1. The van der Waals surface area contributed by atoms with Crippen LogP contribution in [0.1, 0.15) is 16.8 Å². The zero-order valence-corrected chi connectivity index (χ0v) is 14.7. The molecule has 3 heterocycles. The zero-order chi connectivity index (χ0) is 16.7. The van der Waals surface area contributed by atoms with Crippen molar-refractivity contribution in [2.75, 3.05) is 13.7 Å². The second-order valence-electron chi connectivity index (χ2n) is 6.30. The molecule has 0 saturated heterocycles. The van der Waals surface area contributed by atoms with Gasteiger partial charge in [-0.15, -0.1) is 0 Å². The lowest BCUT2D eigenvalue weighted by Crippen LogP contribution is -2.30. The summed E-state index contributed by atoms with van der Waals surface area (Å²) in [6.45, 7) is 2.83. The number of aryl methyl sites for hydroxylation is 1. The van der Waals surface area contributed by atoms with Gasteiger partial charge in [-0.1, -0.05) is 0 Å². The molecule has 0 unspecified atom stereocenters. The fourth-order valence-electron chi connectivity index (χ4n) is 3.49. The van der Waals surface area contributed by atoms with Gasteiger partial charge in [0.15, 0.2) is 4.77 Å². The molecule has 3 aromatic rings. The molecule has 6 heteroatoms. The third kappa shape index (κ3) is 2.72. The van der Waals surface area contributed by atoms with Crippen molar-refractivity contribution in [3.63, 3.8) is 0 Å². The van der Waals surface area contributed by atoms with E-state index in [2.05, 4.69) is 44.8 Å². The molecule has 0 fully saturated rings. The SMILES string of the molecule is COc1ccc2c(c1)c(CN1CCc3[nH]c(=S)ncc3C1)cn2C. The Balaban J connectivity index is 1.63. The molecule has 1 aliphatic heterocycles. The van der Waals surface area contributed by atoms with Crippen LogP contribution >= 0.6 is 12.2 Å². The maximum absolute atomic E-state index is 5.39. The molecule has 1 aromatic carbocycles. The average Bonchev–Trinajstić information content (AvgIpc) is 2.90. The Hall–Kier alpha value is -2.18. The van der Waals surface area contributed by atoms with Crippen LogP contribution in [0.5, 0.6) is 5.75 Å². The van der Waals surface area contributed by atoms with E-state index in [0.29, 0.717) is 4.77 Å². The smallest absolute Gasteiger partial charge is 0.196 e. The predicted octanol–water partition coefficient (Wildman–Crippen LogP) is 3.20.